The summed E-state index contributed by atoms with van der Waals surface area (Å²) in [6.07, 6.45) is 14.1. The Labute approximate surface area is 124 Å². The van der Waals surface area contributed by atoms with Gasteiger partial charge >= 0.3 is 0 Å². The van der Waals surface area contributed by atoms with Gasteiger partial charge in [-0.15, -0.1) is 0 Å². The Hall–Kier alpha value is -1.08. The van der Waals surface area contributed by atoms with Crippen molar-refractivity contribution in [3.63, 3.8) is 0 Å². The van der Waals surface area contributed by atoms with E-state index in [1.807, 2.05) is 0 Å². The maximum Gasteiger partial charge on any atom is 0.0783 e. The van der Waals surface area contributed by atoms with Crippen molar-refractivity contribution >= 4 is 0 Å². The van der Waals surface area contributed by atoms with E-state index in [9.17, 15) is 0 Å². The molecule has 0 aromatic heterocycles. The van der Waals surface area contributed by atoms with E-state index in [-0.39, 0.29) is 0 Å². The van der Waals surface area contributed by atoms with Crippen LogP contribution < -0.4 is 0 Å². The smallest absolute Gasteiger partial charge is 0.0783 e. The summed E-state index contributed by atoms with van der Waals surface area (Å²) in [6, 6.07) is 10.7. The molecule has 0 amide bonds. The van der Waals surface area contributed by atoms with Crippen molar-refractivity contribution < 1.29 is 4.74 Å². The lowest BCUT2D eigenvalue weighted by Crippen LogP contribution is -2.24. The van der Waals surface area contributed by atoms with Crippen LogP contribution in [0, 0.1) is 5.92 Å². The molecule has 1 aromatic carbocycles. The van der Waals surface area contributed by atoms with E-state index in [1.165, 1.54) is 37.7 Å². The molecular formula is C19H28O. The van der Waals surface area contributed by atoms with Crippen molar-refractivity contribution in [3.8, 4) is 0 Å². The zero-order valence-corrected chi connectivity index (χ0v) is 12.8. The largest absolute Gasteiger partial charge is 0.374 e. The van der Waals surface area contributed by atoms with Gasteiger partial charge in [0, 0.05) is 6.61 Å². The van der Waals surface area contributed by atoms with Crippen LogP contribution in [0.5, 0.6) is 0 Å². The van der Waals surface area contributed by atoms with Gasteiger partial charge in [0.1, 0.15) is 0 Å². The van der Waals surface area contributed by atoms with Gasteiger partial charge in [-0.25, -0.2) is 0 Å². The highest BCUT2D eigenvalue weighted by atomic mass is 16.5. The van der Waals surface area contributed by atoms with Crippen molar-refractivity contribution in [2.75, 3.05) is 6.61 Å². The van der Waals surface area contributed by atoms with Gasteiger partial charge in [-0.2, -0.15) is 0 Å². The van der Waals surface area contributed by atoms with E-state index in [4.69, 9.17) is 4.74 Å². The molecule has 0 heterocycles. The molecule has 1 aromatic rings. The van der Waals surface area contributed by atoms with Crippen molar-refractivity contribution in [2.24, 2.45) is 5.92 Å². The van der Waals surface area contributed by atoms with Crippen molar-refractivity contribution in [1.82, 2.24) is 0 Å². The highest BCUT2D eigenvalue weighted by Crippen LogP contribution is 2.28. The van der Waals surface area contributed by atoms with E-state index in [0.29, 0.717) is 6.10 Å². The second kappa shape index (κ2) is 8.97. The van der Waals surface area contributed by atoms with Crippen LogP contribution in [-0.4, -0.2) is 12.7 Å². The third-order valence-electron chi connectivity index (χ3n) is 4.24. The van der Waals surface area contributed by atoms with E-state index in [2.05, 4.69) is 49.4 Å². The number of rotatable bonds is 7. The summed E-state index contributed by atoms with van der Waals surface area (Å²) < 4.78 is 5.95. The SMILES string of the molecule is CCO[C@@H](/C=C/CCc1ccccc1)C1CCCCC1. The molecule has 0 N–H and O–H groups in total. The lowest BCUT2D eigenvalue weighted by molar-refractivity contribution is 0.0397. The molecule has 0 saturated heterocycles. The van der Waals surface area contributed by atoms with Crippen molar-refractivity contribution in [3.05, 3.63) is 48.0 Å². The van der Waals surface area contributed by atoms with E-state index >= 15 is 0 Å². The lowest BCUT2D eigenvalue weighted by atomic mass is 9.85. The minimum Gasteiger partial charge on any atom is -0.374 e. The van der Waals surface area contributed by atoms with Crippen LogP contribution in [0.1, 0.15) is 51.0 Å². The molecule has 0 bridgehead atoms. The Kier molecular flexibility index (Phi) is 6.86. The van der Waals surface area contributed by atoms with Crippen LogP contribution in [0.25, 0.3) is 0 Å². The first kappa shape index (κ1) is 15.3. The fraction of sp³-hybridized carbons (Fsp3) is 0.579. The first-order valence-electron chi connectivity index (χ1n) is 8.22. The topological polar surface area (TPSA) is 9.23 Å². The Bertz CT molecular complexity index is 376. The molecule has 0 radical (unpaired) electrons. The molecule has 1 aliphatic rings. The molecule has 1 saturated carbocycles. The normalized spacial score (nSPS) is 18.4. The van der Waals surface area contributed by atoms with Gasteiger partial charge in [-0.3, -0.25) is 0 Å². The maximum atomic E-state index is 5.95. The van der Waals surface area contributed by atoms with Gasteiger partial charge < -0.3 is 4.74 Å². The molecule has 0 aliphatic heterocycles. The Morgan fingerprint density at radius 2 is 1.90 bits per heavy atom. The Morgan fingerprint density at radius 1 is 1.15 bits per heavy atom. The molecule has 110 valence electrons. The van der Waals surface area contributed by atoms with E-state index < -0.39 is 0 Å². The zero-order chi connectivity index (χ0) is 14.0. The second-order valence-corrected chi connectivity index (χ2v) is 5.77. The van der Waals surface area contributed by atoms with Crippen LogP contribution in [0.4, 0.5) is 0 Å². The Balaban J connectivity index is 1.79. The number of hydrogen-bond acceptors (Lipinski definition) is 1. The van der Waals surface area contributed by atoms with Gasteiger partial charge in [-0.05, 0) is 44.1 Å². The average molecular weight is 272 g/mol. The molecule has 0 spiro atoms. The highest BCUT2D eigenvalue weighted by Gasteiger charge is 2.21. The zero-order valence-electron chi connectivity index (χ0n) is 12.8. The number of aryl methyl sites for hydroxylation is 1. The monoisotopic (exact) mass is 272 g/mol. The van der Waals surface area contributed by atoms with Crippen molar-refractivity contribution in [2.45, 2.75) is 58.0 Å². The number of benzene rings is 1. The quantitative estimate of drug-likeness (QED) is 0.623. The van der Waals surface area contributed by atoms with Crippen LogP contribution in [0.2, 0.25) is 0 Å². The van der Waals surface area contributed by atoms with Gasteiger partial charge in [0.2, 0.25) is 0 Å². The van der Waals surface area contributed by atoms with Gasteiger partial charge in [0.15, 0.2) is 0 Å². The first-order chi connectivity index (χ1) is 9.90. The third-order valence-corrected chi connectivity index (χ3v) is 4.24. The third kappa shape index (κ3) is 5.13. The fourth-order valence-corrected chi connectivity index (χ4v) is 3.13. The maximum absolute atomic E-state index is 5.95. The summed E-state index contributed by atoms with van der Waals surface area (Å²) in [7, 11) is 0. The van der Waals surface area contributed by atoms with E-state index in [0.717, 1.165) is 25.4 Å². The number of hydrogen-bond donors (Lipinski definition) is 0. The first-order valence-corrected chi connectivity index (χ1v) is 8.22. The van der Waals surface area contributed by atoms with Gasteiger partial charge in [0.25, 0.3) is 0 Å². The minimum absolute atomic E-state index is 0.344. The predicted octanol–water partition coefficient (Wildman–Crippen LogP) is 5.16. The summed E-state index contributed by atoms with van der Waals surface area (Å²) in [6.45, 7) is 2.93. The van der Waals surface area contributed by atoms with E-state index in [1.54, 1.807) is 0 Å². The molecule has 0 unspecified atom stereocenters. The molecule has 1 atom stereocenters. The molecule has 1 fully saturated rings. The van der Waals surface area contributed by atoms with Gasteiger partial charge in [0.05, 0.1) is 6.10 Å². The second-order valence-electron chi connectivity index (χ2n) is 5.77. The molecule has 1 aliphatic carbocycles. The molecule has 1 nitrogen and oxygen atoms in total. The van der Waals surface area contributed by atoms with Gasteiger partial charge in [-0.1, -0.05) is 61.7 Å². The Morgan fingerprint density at radius 3 is 2.60 bits per heavy atom. The van der Waals surface area contributed by atoms with Crippen LogP contribution in [0.15, 0.2) is 42.5 Å². The lowest BCUT2D eigenvalue weighted by Gasteiger charge is -2.28. The highest BCUT2D eigenvalue weighted by molar-refractivity contribution is 5.15. The van der Waals surface area contributed by atoms with Crippen molar-refractivity contribution in [1.29, 1.82) is 0 Å². The number of ether oxygens (including phenoxy) is 1. The average Bonchev–Trinajstić information content (AvgIpc) is 2.52. The summed E-state index contributed by atoms with van der Waals surface area (Å²) in [5.41, 5.74) is 1.42. The van der Waals surface area contributed by atoms with Crippen LogP contribution in [0.3, 0.4) is 0 Å². The summed E-state index contributed by atoms with van der Waals surface area (Å²) in [5.74, 6) is 0.747. The predicted molar refractivity (Wildman–Crippen MR) is 85.9 cm³/mol. The summed E-state index contributed by atoms with van der Waals surface area (Å²) >= 11 is 0. The fourth-order valence-electron chi connectivity index (χ4n) is 3.13. The molecular weight excluding hydrogens is 244 g/mol. The number of allylic oxidation sites excluding steroid dienone is 1. The minimum atomic E-state index is 0.344. The van der Waals surface area contributed by atoms with Crippen LogP contribution >= 0.6 is 0 Å². The standard InChI is InChI=1S/C19H28O/c1-2-20-19(18-14-7-4-8-15-18)16-10-9-13-17-11-5-3-6-12-17/h3,5-6,10-12,16,18-19H,2,4,7-9,13-15H2,1H3/b16-10+/t19-/m0/s1. The van der Waals surface area contributed by atoms with Crippen LogP contribution in [-0.2, 0) is 11.2 Å². The molecule has 20 heavy (non-hydrogen) atoms. The molecule has 1 heteroatoms. The summed E-state index contributed by atoms with van der Waals surface area (Å²) in [4.78, 5) is 0. The molecule has 2 rings (SSSR count). The summed E-state index contributed by atoms with van der Waals surface area (Å²) in [5, 5.41) is 0.